The van der Waals surface area contributed by atoms with Gasteiger partial charge in [0.05, 0.1) is 11.9 Å². The molecule has 0 heterocycles. The van der Waals surface area contributed by atoms with Crippen LogP contribution in [0.2, 0.25) is 0 Å². The number of aryl methyl sites for hydroxylation is 1. The number of benzene rings is 1. The van der Waals surface area contributed by atoms with Gasteiger partial charge in [-0.1, -0.05) is 6.07 Å². The molecular weight excluding hydrogens is 276 g/mol. The topological polar surface area (TPSA) is 81.4 Å². The molecule has 6 heteroatoms. The van der Waals surface area contributed by atoms with Gasteiger partial charge in [-0.2, -0.15) is 0 Å². The smallest absolute Gasteiger partial charge is 0.217 e. The van der Waals surface area contributed by atoms with Crippen molar-refractivity contribution in [2.45, 2.75) is 37.5 Å². The van der Waals surface area contributed by atoms with Crippen LogP contribution in [-0.2, 0) is 21.2 Å². The van der Waals surface area contributed by atoms with Crippen molar-refractivity contribution in [1.82, 2.24) is 4.72 Å². The van der Waals surface area contributed by atoms with Gasteiger partial charge in [0.25, 0.3) is 0 Å². The van der Waals surface area contributed by atoms with Crippen LogP contribution in [0.3, 0.4) is 0 Å². The minimum Gasteiger partial charge on any atom is -0.399 e. The summed E-state index contributed by atoms with van der Waals surface area (Å²) in [6.07, 6.45) is 2.73. The number of ether oxygens (including phenoxy) is 1. The summed E-state index contributed by atoms with van der Waals surface area (Å²) in [7, 11) is -1.88. The Bertz CT molecular complexity index is 572. The summed E-state index contributed by atoms with van der Waals surface area (Å²) in [6.45, 7) is 1.84. The Morgan fingerprint density at radius 1 is 1.50 bits per heavy atom. The molecule has 0 radical (unpaired) electrons. The van der Waals surface area contributed by atoms with Crippen LogP contribution in [0.1, 0.15) is 36.9 Å². The zero-order chi connectivity index (χ0) is 14.8. The highest BCUT2D eigenvalue weighted by Gasteiger charge is 2.28. The number of hydrogen-bond acceptors (Lipinski definition) is 4. The third-order valence-corrected chi connectivity index (χ3v) is 5.53. The quantitative estimate of drug-likeness (QED) is 0.809. The number of fused-ring (bicyclic) bond motifs is 1. The van der Waals surface area contributed by atoms with Crippen molar-refractivity contribution in [3.8, 4) is 0 Å². The number of nitrogens with one attached hydrogen (secondary N) is 1. The molecular formula is C14H22N2O3S. The molecule has 1 aliphatic rings. The first-order valence-corrected chi connectivity index (χ1v) is 8.37. The third-order valence-electron chi connectivity index (χ3n) is 3.72. The lowest BCUT2D eigenvalue weighted by molar-refractivity contribution is 0.200. The molecule has 3 N–H and O–H groups in total. The number of rotatable bonds is 5. The SMILES string of the molecule is COCC(C)S(=O)(=O)NC1CCCc2cc(N)ccc21. The van der Waals surface area contributed by atoms with E-state index in [0.29, 0.717) is 0 Å². The fourth-order valence-electron chi connectivity index (χ4n) is 2.60. The molecule has 0 saturated carbocycles. The Balaban J connectivity index is 2.20. The van der Waals surface area contributed by atoms with Crippen molar-refractivity contribution >= 4 is 15.7 Å². The van der Waals surface area contributed by atoms with E-state index in [0.717, 1.165) is 36.1 Å². The molecule has 0 amide bonds. The summed E-state index contributed by atoms with van der Waals surface area (Å²) in [6, 6.07) is 5.53. The van der Waals surface area contributed by atoms with Gasteiger partial charge in [-0.05, 0) is 49.4 Å². The number of nitrogens with two attached hydrogens (primary N) is 1. The van der Waals surface area contributed by atoms with Gasteiger partial charge in [0.15, 0.2) is 0 Å². The molecule has 0 spiro atoms. The largest absolute Gasteiger partial charge is 0.399 e. The van der Waals surface area contributed by atoms with Crippen LogP contribution in [0.25, 0.3) is 0 Å². The summed E-state index contributed by atoms with van der Waals surface area (Å²) in [5.41, 5.74) is 8.69. The lowest BCUT2D eigenvalue weighted by atomic mass is 9.88. The van der Waals surface area contributed by atoms with Crippen molar-refractivity contribution in [2.75, 3.05) is 19.5 Å². The number of sulfonamides is 1. The molecule has 1 aliphatic carbocycles. The highest BCUT2D eigenvalue weighted by Crippen LogP contribution is 2.31. The Kier molecular flexibility index (Phi) is 4.67. The summed E-state index contributed by atoms with van der Waals surface area (Å²) in [4.78, 5) is 0. The van der Waals surface area contributed by atoms with Crippen molar-refractivity contribution < 1.29 is 13.2 Å². The van der Waals surface area contributed by atoms with Crippen molar-refractivity contribution in [1.29, 1.82) is 0 Å². The second-order valence-corrected chi connectivity index (χ2v) is 7.46. The maximum Gasteiger partial charge on any atom is 0.217 e. The molecule has 20 heavy (non-hydrogen) atoms. The van der Waals surface area contributed by atoms with Crippen LogP contribution in [0.15, 0.2) is 18.2 Å². The van der Waals surface area contributed by atoms with E-state index in [1.54, 1.807) is 6.92 Å². The Labute approximate surface area is 120 Å². The van der Waals surface area contributed by atoms with E-state index in [1.807, 2.05) is 18.2 Å². The summed E-state index contributed by atoms with van der Waals surface area (Å²) < 4.78 is 32.2. The van der Waals surface area contributed by atoms with E-state index in [9.17, 15) is 8.42 Å². The molecule has 0 bridgehead atoms. The Morgan fingerprint density at radius 3 is 2.95 bits per heavy atom. The fourth-order valence-corrected chi connectivity index (χ4v) is 3.78. The van der Waals surface area contributed by atoms with Crippen LogP contribution < -0.4 is 10.5 Å². The Hall–Kier alpha value is -1.11. The predicted molar refractivity (Wildman–Crippen MR) is 79.9 cm³/mol. The molecule has 0 aliphatic heterocycles. The van der Waals surface area contributed by atoms with Gasteiger partial charge in [0, 0.05) is 18.8 Å². The van der Waals surface area contributed by atoms with E-state index < -0.39 is 15.3 Å². The van der Waals surface area contributed by atoms with E-state index in [-0.39, 0.29) is 12.6 Å². The molecule has 0 saturated heterocycles. The maximum atomic E-state index is 12.2. The third kappa shape index (κ3) is 3.31. The molecule has 112 valence electrons. The molecule has 0 aromatic heterocycles. The highest BCUT2D eigenvalue weighted by atomic mass is 32.2. The monoisotopic (exact) mass is 298 g/mol. The minimum absolute atomic E-state index is 0.163. The summed E-state index contributed by atoms with van der Waals surface area (Å²) in [5.74, 6) is 0. The maximum absolute atomic E-state index is 12.2. The number of anilines is 1. The van der Waals surface area contributed by atoms with Crippen LogP contribution in [0, 0.1) is 0 Å². The molecule has 2 unspecified atom stereocenters. The van der Waals surface area contributed by atoms with Crippen molar-refractivity contribution in [2.24, 2.45) is 0 Å². The van der Waals surface area contributed by atoms with Gasteiger partial charge < -0.3 is 10.5 Å². The van der Waals surface area contributed by atoms with Crippen LogP contribution in [-0.4, -0.2) is 27.4 Å². The predicted octanol–water partition coefficient (Wildman–Crippen LogP) is 1.60. The van der Waals surface area contributed by atoms with Crippen LogP contribution in [0.4, 0.5) is 5.69 Å². The first-order valence-electron chi connectivity index (χ1n) is 6.82. The van der Waals surface area contributed by atoms with Crippen LogP contribution in [0.5, 0.6) is 0 Å². The van der Waals surface area contributed by atoms with Gasteiger partial charge in [-0.25, -0.2) is 13.1 Å². The summed E-state index contributed by atoms with van der Waals surface area (Å²) >= 11 is 0. The van der Waals surface area contributed by atoms with Gasteiger partial charge in [-0.3, -0.25) is 0 Å². The first-order chi connectivity index (χ1) is 9.44. The van der Waals surface area contributed by atoms with Crippen LogP contribution >= 0.6 is 0 Å². The second-order valence-electron chi connectivity index (χ2n) is 5.33. The van der Waals surface area contributed by atoms with E-state index in [2.05, 4.69) is 4.72 Å². The fraction of sp³-hybridized carbons (Fsp3) is 0.571. The minimum atomic E-state index is -3.38. The molecule has 2 atom stereocenters. The number of methoxy groups -OCH3 is 1. The Morgan fingerprint density at radius 2 is 2.25 bits per heavy atom. The molecule has 2 rings (SSSR count). The van der Waals surface area contributed by atoms with Gasteiger partial charge in [0.1, 0.15) is 0 Å². The number of nitrogen functional groups attached to an aromatic ring is 1. The normalized spacial score (nSPS) is 20.4. The van der Waals surface area contributed by atoms with E-state index in [1.165, 1.54) is 7.11 Å². The van der Waals surface area contributed by atoms with Gasteiger partial charge in [-0.15, -0.1) is 0 Å². The summed E-state index contributed by atoms with van der Waals surface area (Å²) in [5, 5.41) is -0.563. The van der Waals surface area contributed by atoms with Gasteiger partial charge >= 0.3 is 0 Å². The first kappa shape index (κ1) is 15.3. The zero-order valence-electron chi connectivity index (χ0n) is 11.9. The zero-order valence-corrected chi connectivity index (χ0v) is 12.7. The second kappa shape index (κ2) is 6.11. The van der Waals surface area contributed by atoms with Crippen molar-refractivity contribution in [3.63, 3.8) is 0 Å². The number of hydrogen-bond donors (Lipinski definition) is 2. The average Bonchev–Trinajstić information content (AvgIpc) is 2.38. The molecule has 0 fully saturated rings. The lowest BCUT2D eigenvalue weighted by Gasteiger charge is -2.27. The average molecular weight is 298 g/mol. The standard InChI is InChI=1S/C14H22N2O3S/c1-10(9-19-2)20(17,18)16-14-5-3-4-11-8-12(15)6-7-13(11)14/h6-8,10,14,16H,3-5,9,15H2,1-2H3. The van der Waals surface area contributed by atoms with Crippen molar-refractivity contribution in [3.05, 3.63) is 29.3 Å². The highest BCUT2D eigenvalue weighted by molar-refractivity contribution is 7.90. The lowest BCUT2D eigenvalue weighted by Crippen LogP contribution is -2.38. The van der Waals surface area contributed by atoms with E-state index >= 15 is 0 Å². The molecule has 1 aromatic carbocycles. The van der Waals surface area contributed by atoms with E-state index in [4.69, 9.17) is 10.5 Å². The molecule has 1 aromatic rings. The van der Waals surface area contributed by atoms with Gasteiger partial charge in [0.2, 0.25) is 10.0 Å². The molecule has 5 nitrogen and oxygen atoms in total.